The number of likely N-dealkylation sites (tertiary alicyclic amines) is 1. The first-order chi connectivity index (χ1) is 7.61. The molecule has 1 amide bonds. The molecule has 2 unspecified atom stereocenters. The SMILES string of the molecule is CSCC[C@H](N)C(=O)N1CCC(C)C1CO. The summed E-state index contributed by atoms with van der Waals surface area (Å²) >= 11 is 1.70. The summed E-state index contributed by atoms with van der Waals surface area (Å²) in [6.07, 6.45) is 3.68. The van der Waals surface area contributed by atoms with Crippen molar-refractivity contribution in [1.82, 2.24) is 4.90 Å². The fourth-order valence-electron chi connectivity index (χ4n) is 2.14. The Kier molecular flexibility index (Phi) is 5.58. The third kappa shape index (κ3) is 3.12. The first kappa shape index (κ1) is 13.8. The largest absolute Gasteiger partial charge is 0.394 e. The quantitative estimate of drug-likeness (QED) is 0.732. The van der Waals surface area contributed by atoms with Crippen LogP contribution in [0.2, 0.25) is 0 Å². The van der Waals surface area contributed by atoms with E-state index in [2.05, 4.69) is 6.92 Å². The molecule has 0 aromatic heterocycles. The lowest BCUT2D eigenvalue weighted by molar-refractivity contribution is -0.134. The van der Waals surface area contributed by atoms with Crippen LogP contribution in [0.1, 0.15) is 19.8 Å². The second-order valence-corrected chi connectivity index (χ2v) is 5.42. The van der Waals surface area contributed by atoms with Gasteiger partial charge < -0.3 is 15.7 Å². The van der Waals surface area contributed by atoms with Gasteiger partial charge in [0.05, 0.1) is 18.7 Å². The molecule has 0 saturated carbocycles. The number of nitrogens with zero attached hydrogens (tertiary/aromatic N) is 1. The number of hydrogen-bond acceptors (Lipinski definition) is 4. The zero-order valence-electron chi connectivity index (χ0n) is 10.1. The molecule has 1 aliphatic rings. The van der Waals surface area contributed by atoms with Crippen molar-refractivity contribution >= 4 is 17.7 Å². The summed E-state index contributed by atoms with van der Waals surface area (Å²) in [5, 5.41) is 9.27. The van der Waals surface area contributed by atoms with Crippen molar-refractivity contribution in [3.63, 3.8) is 0 Å². The Balaban J connectivity index is 2.52. The standard InChI is InChI=1S/C11H22N2O2S/c1-8-3-5-13(10(8)7-14)11(15)9(12)4-6-16-2/h8-10,14H,3-7,12H2,1-2H3/t8?,9-,10?/m0/s1. The molecule has 0 bridgehead atoms. The predicted octanol–water partition coefficient (Wildman–Crippen LogP) is 0.296. The molecule has 1 rings (SSSR count). The number of carbonyl (C=O) groups excluding carboxylic acids is 1. The second-order valence-electron chi connectivity index (χ2n) is 4.44. The molecule has 16 heavy (non-hydrogen) atoms. The molecule has 1 aliphatic heterocycles. The minimum atomic E-state index is -0.410. The molecule has 5 heteroatoms. The van der Waals surface area contributed by atoms with Crippen molar-refractivity contribution in [1.29, 1.82) is 0 Å². The number of rotatable bonds is 5. The molecule has 1 fully saturated rings. The third-order valence-corrected chi connectivity index (χ3v) is 3.95. The van der Waals surface area contributed by atoms with Crippen molar-refractivity contribution in [3.05, 3.63) is 0 Å². The number of amides is 1. The maximum Gasteiger partial charge on any atom is 0.239 e. The molecule has 0 aromatic rings. The van der Waals surface area contributed by atoms with Gasteiger partial charge in [0, 0.05) is 6.54 Å². The van der Waals surface area contributed by atoms with E-state index < -0.39 is 6.04 Å². The molecule has 3 atom stereocenters. The molecule has 3 N–H and O–H groups in total. The summed E-state index contributed by atoms with van der Waals surface area (Å²) in [5.41, 5.74) is 5.86. The second kappa shape index (κ2) is 6.47. The van der Waals surface area contributed by atoms with Gasteiger partial charge in [-0.25, -0.2) is 0 Å². The topological polar surface area (TPSA) is 66.6 Å². The first-order valence-electron chi connectivity index (χ1n) is 5.77. The average Bonchev–Trinajstić information content (AvgIpc) is 2.66. The Labute approximate surface area is 102 Å². The molecule has 94 valence electrons. The van der Waals surface area contributed by atoms with Gasteiger partial charge >= 0.3 is 0 Å². The van der Waals surface area contributed by atoms with Crippen LogP contribution >= 0.6 is 11.8 Å². The number of aliphatic hydroxyl groups excluding tert-OH is 1. The monoisotopic (exact) mass is 246 g/mol. The van der Waals surface area contributed by atoms with E-state index in [9.17, 15) is 9.90 Å². The highest BCUT2D eigenvalue weighted by molar-refractivity contribution is 7.98. The summed E-state index contributed by atoms with van der Waals surface area (Å²) in [6, 6.07) is -0.445. The summed E-state index contributed by atoms with van der Waals surface area (Å²) in [7, 11) is 0. The van der Waals surface area contributed by atoms with E-state index in [-0.39, 0.29) is 18.6 Å². The van der Waals surface area contributed by atoms with Crippen LogP contribution in [0, 0.1) is 5.92 Å². The van der Waals surface area contributed by atoms with E-state index in [0.717, 1.165) is 18.7 Å². The van der Waals surface area contributed by atoms with Crippen LogP contribution in [0.5, 0.6) is 0 Å². The van der Waals surface area contributed by atoms with Crippen LogP contribution in [0.25, 0.3) is 0 Å². The van der Waals surface area contributed by atoms with E-state index in [1.165, 1.54) is 0 Å². The molecular weight excluding hydrogens is 224 g/mol. The molecule has 4 nitrogen and oxygen atoms in total. The van der Waals surface area contributed by atoms with Crippen LogP contribution in [-0.4, -0.2) is 53.2 Å². The molecule has 1 heterocycles. The zero-order valence-corrected chi connectivity index (χ0v) is 10.9. The van der Waals surface area contributed by atoms with Gasteiger partial charge in [-0.2, -0.15) is 11.8 Å². The third-order valence-electron chi connectivity index (χ3n) is 3.30. The molecule has 0 aromatic carbocycles. The normalized spacial score (nSPS) is 27.1. The van der Waals surface area contributed by atoms with Crippen molar-refractivity contribution in [3.8, 4) is 0 Å². The Morgan fingerprint density at radius 3 is 2.94 bits per heavy atom. The molecule has 0 radical (unpaired) electrons. The lowest BCUT2D eigenvalue weighted by Gasteiger charge is -2.27. The average molecular weight is 246 g/mol. The van der Waals surface area contributed by atoms with Gasteiger partial charge in [0.25, 0.3) is 0 Å². The number of thioether (sulfide) groups is 1. The van der Waals surface area contributed by atoms with Crippen molar-refractivity contribution in [2.45, 2.75) is 31.8 Å². The Bertz CT molecular complexity index is 238. The van der Waals surface area contributed by atoms with Crippen LogP contribution in [-0.2, 0) is 4.79 Å². The molecule has 0 aliphatic carbocycles. The molecule has 0 spiro atoms. The van der Waals surface area contributed by atoms with E-state index in [1.54, 1.807) is 16.7 Å². The predicted molar refractivity (Wildman–Crippen MR) is 67.3 cm³/mol. The van der Waals surface area contributed by atoms with E-state index >= 15 is 0 Å². The molecular formula is C11H22N2O2S. The maximum absolute atomic E-state index is 12.0. The lowest BCUT2D eigenvalue weighted by Crippen LogP contribution is -2.48. The van der Waals surface area contributed by atoms with Gasteiger partial charge in [-0.15, -0.1) is 0 Å². The fourth-order valence-corrected chi connectivity index (χ4v) is 2.63. The minimum Gasteiger partial charge on any atom is -0.394 e. The van der Waals surface area contributed by atoms with Crippen LogP contribution in [0.15, 0.2) is 0 Å². The summed E-state index contributed by atoms with van der Waals surface area (Å²) in [6.45, 7) is 2.85. The van der Waals surface area contributed by atoms with Gasteiger partial charge in [0.15, 0.2) is 0 Å². The highest BCUT2D eigenvalue weighted by Gasteiger charge is 2.35. The van der Waals surface area contributed by atoms with Crippen molar-refractivity contribution in [2.24, 2.45) is 11.7 Å². The van der Waals surface area contributed by atoms with Crippen LogP contribution in [0.4, 0.5) is 0 Å². The van der Waals surface area contributed by atoms with Crippen LogP contribution < -0.4 is 5.73 Å². The maximum atomic E-state index is 12.0. The number of hydrogen-bond donors (Lipinski definition) is 2. The number of carbonyl (C=O) groups is 1. The van der Waals surface area contributed by atoms with Gasteiger partial charge in [0.1, 0.15) is 0 Å². The Morgan fingerprint density at radius 2 is 2.38 bits per heavy atom. The van der Waals surface area contributed by atoms with Crippen molar-refractivity contribution in [2.75, 3.05) is 25.2 Å². The minimum absolute atomic E-state index is 0.00236. The number of nitrogens with two attached hydrogens (primary N) is 1. The molecule has 1 saturated heterocycles. The summed E-state index contributed by atoms with van der Waals surface area (Å²) in [4.78, 5) is 13.8. The van der Waals surface area contributed by atoms with Gasteiger partial charge in [-0.05, 0) is 30.8 Å². The highest BCUT2D eigenvalue weighted by atomic mass is 32.2. The van der Waals surface area contributed by atoms with Gasteiger partial charge in [-0.3, -0.25) is 4.79 Å². The van der Waals surface area contributed by atoms with Crippen molar-refractivity contribution < 1.29 is 9.90 Å². The van der Waals surface area contributed by atoms with E-state index in [0.29, 0.717) is 12.3 Å². The van der Waals surface area contributed by atoms with Gasteiger partial charge in [-0.1, -0.05) is 6.92 Å². The Morgan fingerprint density at radius 1 is 1.69 bits per heavy atom. The lowest BCUT2D eigenvalue weighted by atomic mass is 10.0. The number of aliphatic hydroxyl groups is 1. The highest BCUT2D eigenvalue weighted by Crippen LogP contribution is 2.24. The van der Waals surface area contributed by atoms with Crippen LogP contribution in [0.3, 0.4) is 0 Å². The zero-order chi connectivity index (χ0) is 12.1. The summed E-state index contributed by atoms with van der Waals surface area (Å²) in [5.74, 6) is 1.28. The summed E-state index contributed by atoms with van der Waals surface area (Å²) < 4.78 is 0. The Hall–Kier alpha value is -0.260. The van der Waals surface area contributed by atoms with Gasteiger partial charge in [0.2, 0.25) is 5.91 Å². The smallest absolute Gasteiger partial charge is 0.239 e. The van der Waals surface area contributed by atoms with E-state index in [4.69, 9.17) is 5.73 Å². The fraction of sp³-hybridized carbons (Fsp3) is 0.909. The van der Waals surface area contributed by atoms with E-state index in [1.807, 2.05) is 6.26 Å². The first-order valence-corrected chi connectivity index (χ1v) is 7.17.